The largest absolute Gasteiger partial charge is 0.507 e. The number of carbonyl (C=O) groups is 2. The average Bonchev–Trinajstić information content (AvgIpc) is 3.40. The number of hydrogen-bond donors (Lipinski definition) is 1. The molecule has 6 heteroatoms. The van der Waals surface area contributed by atoms with E-state index < -0.39 is 17.7 Å². The first kappa shape index (κ1) is 20.0. The second-order valence-corrected chi connectivity index (χ2v) is 7.65. The highest BCUT2D eigenvalue weighted by molar-refractivity contribution is 6.46. The fraction of sp³-hybridized carbons (Fsp3) is 0.333. The minimum atomic E-state index is -0.658. The van der Waals surface area contributed by atoms with Gasteiger partial charge in [0.05, 0.1) is 25.8 Å². The zero-order chi connectivity index (χ0) is 21.3. The number of amides is 1. The van der Waals surface area contributed by atoms with Crippen molar-refractivity contribution in [2.75, 3.05) is 14.2 Å². The molecular formula is C24H25NO5. The minimum absolute atomic E-state index is 0.0201. The molecule has 2 aliphatic rings. The summed E-state index contributed by atoms with van der Waals surface area (Å²) in [6.45, 7) is 0. The molecule has 1 atom stereocenters. The van der Waals surface area contributed by atoms with Crippen LogP contribution in [0.2, 0.25) is 0 Å². The van der Waals surface area contributed by atoms with Crippen molar-refractivity contribution in [2.45, 2.75) is 37.8 Å². The van der Waals surface area contributed by atoms with Crippen molar-refractivity contribution >= 4 is 17.4 Å². The zero-order valence-electron chi connectivity index (χ0n) is 17.1. The van der Waals surface area contributed by atoms with Gasteiger partial charge in [0.25, 0.3) is 11.7 Å². The second kappa shape index (κ2) is 8.22. The zero-order valence-corrected chi connectivity index (χ0v) is 17.1. The summed E-state index contributed by atoms with van der Waals surface area (Å²) >= 11 is 0. The highest BCUT2D eigenvalue weighted by Gasteiger charge is 2.49. The number of rotatable bonds is 5. The third kappa shape index (κ3) is 3.43. The number of ketones is 1. The summed E-state index contributed by atoms with van der Waals surface area (Å²) < 4.78 is 10.6. The molecule has 1 saturated carbocycles. The fourth-order valence-electron chi connectivity index (χ4n) is 4.47. The van der Waals surface area contributed by atoms with Gasteiger partial charge in [-0.3, -0.25) is 9.59 Å². The van der Waals surface area contributed by atoms with Gasteiger partial charge >= 0.3 is 0 Å². The van der Waals surface area contributed by atoms with E-state index in [1.54, 1.807) is 36.3 Å². The molecule has 1 heterocycles. The molecule has 2 fully saturated rings. The summed E-state index contributed by atoms with van der Waals surface area (Å²) in [6.07, 6.45) is 3.75. The number of ether oxygens (including phenoxy) is 2. The van der Waals surface area contributed by atoms with Crippen molar-refractivity contribution in [1.29, 1.82) is 0 Å². The molecule has 2 aromatic rings. The van der Waals surface area contributed by atoms with E-state index in [9.17, 15) is 14.7 Å². The van der Waals surface area contributed by atoms with Crippen molar-refractivity contribution in [2.24, 2.45) is 0 Å². The SMILES string of the molecule is COc1cccc(/C(O)=C2/C(=O)C(=O)N(C3CCCC3)C2c2cccc(OC)c2)c1. The molecule has 1 saturated heterocycles. The topological polar surface area (TPSA) is 76.1 Å². The van der Waals surface area contributed by atoms with Crippen molar-refractivity contribution in [1.82, 2.24) is 4.90 Å². The van der Waals surface area contributed by atoms with E-state index in [-0.39, 0.29) is 17.4 Å². The van der Waals surface area contributed by atoms with Crippen LogP contribution in [-0.4, -0.2) is 42.0 Å². The molecule has 0 spiro atoms. The number of carbonyl (C=O) groups excluding carboxylic acids is 2. The summed E-state index contributed by atoms with van der Waals surface area (Å²) in [5, 5.41) is 11.1. The maximum Gasteiger partial charge on any atom is 0.295 e. The average molecular weight is 407 g/mol. The Morgan fingerprint density at radius 3 is 2.27 bits per heavy atom. The number of methoxy groups -OCH3 is 2. The van der Waals surface area contributed by atoms with E-state index in [0.29, 0.717) is 17.1 Å². The maximum atomic E-state index is 13.1. The smallest absolute Gasteiger partial charge is 0.295 e. The van der Waals surface area contributed by atoms with E-state index in [2.05, 4.69) is 0 Å². The lowest BCUT2D eigenvalue weighted by Gasteiger charge is -2.31. The van der Waals surface area contributed by atoms with Gasteiger partial charge in [-0.25, -0.2) is 0 Å². The number of aliphatic hydroxyl groups is 1. The molecule has 4 rings (SSSR count). The highest BCUT2D eigenvalue weighted by atomic mass is 16.5. The van der Waals surface area contributed by atoms with E-state index in [0.717, 1.165) is 31.2 Å². The number of aliphatic hydroxyl groups excluding tert-OH is 1. The van der Waals surface area contributed by atoms with Gasteiger partial charge in [0.15, 0.2) is 0 Å². The van der Waals surface area contributed by atoms with E-state index in [1.165, 1.54) is 7.11 Å². The second-order valence-electron chi connectivity index (χ2n) is 7.65. The lowest BCUT2D eigenvalue weighted by molar-refractivity contribution is -0.141. The highest BCUT2D eigenvalue weighted by Crippen LogP contribution is 2.44. The third-order valence-corrected chi connectivity index (χ3v) is 5.95. The number of benzene rings is 2. The van der Waals surface area contributed by atoms with Crippen molar-refractivity contribution in [3.05, 3.63) is 65.2 Å². The molecule has 156 valence electrons. The monoisotopic (exact) mass is 407 g/mol. The van der Waals surface area contributed by atoms with Crippen LogP contribution in [-0.2, 0) is 9.59 Å². The molecule has 1 aliphatic heterocycles. The first-order valence-electron chi connectivity index (χ1n) is 10.1. The summed E-state index contributed by atoms with van der Waals surface area (Å²) in [6, 6.07) is 13.5. The van der Waals surface area contributed by atoms with E-state index in [4.69, 9.17) is 9.47 Å². The Bertz CT molecular complexity index is 1010. The van der Waals surface area contributed by atoms with Crippen LogP contribution in [0.25, 0.3) is 5.76 Å². The van der Waals surface area contributed by atoms with Crippen LogP contribution in [0.4, 0.5) is 0 Å². The number of hydrogen-bond acceptors (Lipinski definition) is 5. The van der Waals surface area contributed by atoms with Gasteiger partial charge in [0, 0.05) is 11.6 Å². The van der Waals surface area contributed by atoms with Crippen LogP contribution in [0.1, 0.15) is 42.9 Å². The Kier molecular flexibility index (Phi) is 5.48. The Hall–Kier alpha value is -3.28. The Morgan fingerprint density at radius 2 is 1.60 bits per heavy atom. The van der Waals surface area contributed by atoms with Gasteiger partial charge in [-0.2, -0.15) is 0 Å². The van der Waals surface area contributed by atoms with Gasteiger partial charge < -0.3 is 19.5 Å². The molecule has 0 radical (unpaired) electrons. The number of Topliss-reactive ketones (excluding diaryl/α,β-unsaturated/α-hetero) is 1. The number of nitrogens with zero attached hydrogens (tertiary/aromatic N) is 1. The van der Waals surface area contributed by atoms with Crippen molar-refractivity contribution in [3.63, 3.8) is 0 Å². The first-order chi connectivity index (χ1) is 14.5. The molecule has 1 unspecified atom stereocenters. The van der Waals surface area contributed by atoms with Gasteiger partial charge in [-0.1, -0.05) is 37.1 Å². The van der Waals surface area contributed by atoms with Gasteiger partial charge in [-0.15, -0.1) is 0 Å². The van der Waals surface area contributed by atoms with Gasteiger partial charge in [0.1, 0.15) is 17.3 Å². The number of likely N-dealkylation sites (tertiary alicyclic amines) is 1. The Balaban J connectivity index is 1.89. The summed E-state index contributed by atoms with van der Waals surface area (Å²) in [5.41, 5.74) is 1.28. The lowest BCUT2D eigenvalue weighted by Crippen LogP contribution is -2.37. The molecular weight excluding hydrogens is 382 g/mol. The molecule has 2 aromatic carbocycles. The van der Waals surface area contributed by atoms with Crippen molar-refractivity contribution in [3.8, 4) is 11.5 Å². The Labute approximate surface area is 175 Å². The predicted molar refractivity (Wildman–Crippen MR) is 112 cm³/mol. The normalized spacial score (nSPS) is 21.3. The van der Waals surface area contributed by atoms with Crippen LogP contribution in [0.3, 0.4) is 0 Å². The van der Waals surface area contributed by atoms with E-state index in [1.807, 2.05) is 24.3 Å². The molecule has 30 heavy (non-hydrogen) atoms. The molecule has 1 amide bonds. The molecule has 0 bridgehead atoms. The van der Waals surface area contributed by atoms with Crippen LogP contribution >= 0.6 is 0 Å². The Morgan fingerprint density at radius 1 is 0.967 bits per heavy atom. The molecule has 1 aliphatic carbocycles. The van der Waals surface area contributed by atoms with Crippen LogP contribution in [0.5, 0.6) is 11.5 Å². The molecule has 1 N–H and O–H groups in total. The van der Waals surface area contributed by atoms with Gasteiger partial charge in [0.2, 0.25) is 0 Å². The van der Waals surface area contributed by atoms with Crippen LogP contribution < -0.4 is 9.47 Å². The minimum Gasteiger partial charge on any atom is -0.507 e. The van der Waals surface area contributed by atoms with Crippen LogP contribution in [0.15, 0.2) is 54.1 Å². The molecule has 6 nitrogen and oxygen atoms in total. The predicted octanol–water partition coefficient (Wildman–Crippen LogP) is 4.07. The first-order valence-corrected chi connectivity index (χ1v) is 10.1. The lowest BCUT2D eigenvalue weighted by atomic mass is 9.94. The summed E-state index contributed by atoms with van der Waals surface area (Å²) in [5.74, 6) is -0.220. The quantitative estimate of drug-likeness (QED) is 0.459. The standard InChI is InChI=1S/C24H25NO5/c1-29-18-11-5-7-15(13-18)21-20(22(26)16-8-6-12-19(14-16)30-2)23(27)24(28)25(21)17-9-3-4-10-17/h5-8,11-14,17,21,26H,3-4,9-10H2,1-2H3/b22-20-. The fourth-order valence-corrected chi connectivity index (χ4v) is 4.47. The summed E-state index contributed by atoms with van der Waals surface area (Å²) in [4.78, 5) is 27.8. The van der Waals surface area contributed by atoms with Crippen LogP contribution in [0, 0.1) is 0 Å². The third-order valence-electron chi connectivity index (χ3n) is 5.95. The molecule has 0 aromatic heterocycles. The maximum absolute atomic E-state index is 13.1. The summed E-state index contributed by atoms with van der Waals surface area (Å²) in [7, 11) is 3.11. The van der Waals surface area contributed by atoms with Gasteiger partial charge in [-0.05, 0) is 42.7 Å². The van der Waals surface area contributed by atoms with Crippen molar-refractivity contribution < 1.29 is 24.2 Å². The van der Waals surface area contributed by atoms with E-state index >= 15 is 0 Å².